The molecule has 0 aliphatic carbocycles. The molecule has 5 rings (SSSR count). The van der Waals surface area contributed by atoms with Crippen LogP contribution in [0.1, 0.15) is 50.7 Å². The number of benzene rings is 2. The first-order chi connectivity index (χ1) is 19.4. The van der Waals surface area contributed by atoms with Gasteiger partial charge in [-0.2, -0.15) is 0 Å². The smallest absolute Gasteiger partial charge is 0.237 e. The van der Waals surface area contributed by atoms with E-state index in [1.165, 1.54) is 24.3 Å². The predicted octanol–water partition coefficient (Wildman–Crippen LogP) is 4.86. The minimum absolute atomic E-state index is 0.115. The van der Waals surface area contributed by atoms with E-state index >= 15 is 4.39 Å². The van der Waals surface area contributed by atoms with Crippen LogP contribution in [0.15, 0.2) is 30.3 Å². The number of ether oxygens (including phenoxy) is 1. The summed E-state index contributed by atoms with van der Waals surface area (Å²) < 4.78 is 34.7. The molecule has 7 nitrogen and oxygen atoms in total. The average molecular weight is 610 g/mol. The molecule has 0 unspecified atom stereocenters. The minimum Gasteiger partial charge on any atom is -0.379 e. The van der Waals surface area contributed by atoms with Gasteiger partial charge in [0.2, 0.25) is 11.8 Å². The standard InChI is InChI=1S/C30H36Cl2F2N4O3/c1-29(2,3)16-24-30(18-14-22(34)20(32)15-23(18)36-28(30)40)25(17-5-6-21(33)19(31)13-17)26(37-24)27(39)35-7-4-8-38-9-11-41-12-10-38/h5-6,13-15,24-26,37H,4,7-12,16H2,1-3H3,(H,35,39)(H,36,40)/t24-,25+,26-,30+/m1/s1. The molecule has 3 N–H and O–H groups in total. The Labute approximate surface area is 249 Å². The molecule has 2 aromatic carbocycles. The summed E-state index contributed by atoms with van der Waals surface area (Å²) >= 11 is 12.3. The van der Waals surface area contributed by atoms with E-state index in [-0.39, 0.29) is 27.3 Å². The zero-order valence-electron chi connectivity index (χ0n) is 23.5. The lowest BCUT2D eigenvalue weighted by atomic mass is 9.62. The van der Waals surface area contributed by atoms with E-state index in [2.05, 4.69) is 20.9 Å². The Kier molecular flexibility index (Phi) is 8.66. The fourth-order valence-corrected chi connectivity index (χ4v) is 6.94. The van der Waals surface area contributed by atoms with Crippen LogP contribution in [0, 0.1) is 17.0 Å². The lowest BCUT2D eigenvalue weighted by Gasteiger charge is -2.37. The van der Waals surface area contributed by atoms with Gasteiger partial charge in [-0.15, -0.1) is 0 Å². The number of nitrogens with one attached hydrogen (secondary N) is 3. The molecular formula is C30H36Cl2F2N4O3. The summed E-state index contributed by atoms with van der Waals surface area (Å²) in [5.74, 6) is -2.75. The Morgan fingerprint density at radius 1 is 1.12 bits per heavy atom. The van der Waals surface area contributed by atoms with E-state index in [1.807, 2.05) is 20.8 Å². The number of fused-ring (bicyclic) bond motifs is 2. The van der Waals surface area contributed by atoms with E-state index in [4.69, 9.17) is 27.9 Å². The summed E-state index contributed by atoms with van der Waals surface area (Å²) in [6.07, 6.45) is 1.24. The molecule has 2 amide bonds. The summed E-state index contributed by atoms with van der Waals surface area (Å²) in [5.41, 5.74) is -0.323. The highest BCUT2D eigenvalue weighted by Gasteiger charge is 2.65. The Balaban J connectivity index is 1.55. The molecule has 4 atom stereocenters. The SMILES string of the molecule is CC(C)(C)C[C@H]1N[C@@H](C(=O)NCCCN2CCOCC2)[C@H](c2ccc(F)c(Cl)c2)[C@@]12C(=O)Nc1cc(Cl)c(F)cc12. The number of morpholine rings is 1. The first-order valence-corrected chi connectivity index (χ1v) is 14.8. The maximum Gasteiger partial charge on any atom is 0.237 e. The number of rotatable bonds is 7. The topological polar surface area (TPSA) is 82.7 Å². The molecule has 41 heavy (non-hydrogen) atoms. The maximum atomic E-state index is 15.0. The Hall–Kier alpha value is -2.30. The summed E-state index contributed by atoms with van der Waals surface area (Å²) in [6.45, 7) is 10.5. The maximum absolute atomic E-state index is 15.0. The number of carbonyl (C=O) groups excluding carboxylic acids is 2. The molecule has 3 heterocycles. The zero-order valence-corrected chi connectivity index (χ0v) is 25.0. The first kappa shape index (κ1) is 30.2. The number of hydrogen-bond acceptors (Lipinski definition) is 5. The second-order valence-corrected chi connectivity index (χ2v) is 13.2. The molecule has 0 aromatic heterocycles. The molecule has 3 aliphatic heterocycles. The number of anilines is 1. The molecule has 0 saturated carbocycles. The normalized spacial score (nSPS) is 26.3. The van der Waals surface area contributed by atoms with Gasteiger partial charge < -0.3 is 20.7 Å². The van der Waals surface area contributed by atoms with E-state index < -0.39 is 35.1 Å². The van der Waals surface area contributed by atoms with Gasteiger partial charge in [0, 0.05) is 37.3 Å². The predicted molar refractivity (Wildman–Crippen MR) is 156 cm³/mol. The Morgan fingerprint density at radius 2 is 1.83 bits per heavy atom. The van der Waals surface area contributed by atoms with Gasteiger partial charge in [0.25, 0.3) is 0 Å². The van der Waals surface area contributed by atoms with E-state index in [0.29, 0.717) is 43.0 Å². The van der Waals surface area contributed by atoms with Gasteiger partial charge in [0.15, 0.2) is 0 Å². The molecule has 3 aliphatic rings. The van der Waals surface area contributed by atoms with Crippen LogP contribution in [-0.4, -0.2) is 68.2 Å². The lowest BCUT2D eigenvalue weighted by molar-refractivity contribution is -0.123. The van der Waals surface area contributed by atoms with Gasteiger partial charge in [-0.05, 0) is 60.2 Å². The van der Waals surface area contributed by atoms with Crippen molar-refractivity contribution in [2.24, 2.45) is 5.41 Å². The van der Waals surface area contributed by atoms with E-state index in [9.17, 15) is 14.0 Å². The van der Waals surface area contributed by atoms with Crippen molar-refractivity contribution in [3.63, 3.8) is 0 Å². The van der Waals surface area contributed by atoms with Crippen molar-refractivity contribution in [3.8, 4) is 0 Å². The third-order valence-electron chi connectivity index (χ3n) is 8.34. The second-order valence-electron chi connectivity index (χ2n) is 12.3. The third kappa shape index (κ3) is 5.84. The van der Waals surface area contributed by atoms with Gasteiger partial charge in [-0.3, -0.25) is 14.5 Å². The second kappa shape index (κ2) is 11.8. The van der Waals surface area contributed by atoms with Crippen LogP contribution in [-0.2, 0) is 19.7 Å². The van der Waals surface area contributed by atoms with Gasteiger partial charge >= 0.3 is 0 Å². The minimum atomic E-state index is -1.38. The number of hydrogen-bond donors (Lipinski definition) is 3. The molecule has 2 fully saturated rings. The number of amides is 2. The van der Waals surface area contributed by atoms with Crippen LogP contribution in [0.4, 0.5) is 14.5 Å². The first-order valence-electron chi connectivity index (χ1n) is 14.0. The molecule has 2 aromatic rings. The Morgan fingerprint density at radius 3 is 2.51 bits per heavy atom. The lowest BCUT2D eigenvalue weighted by Crippen LogP contribution is -2.49. The zero-order chi connectivity index (χ0) is 29.5. The van der Waals surface area contributed by atoms with Crippen LogP contribution >= 0.6 is 23.2 Å². The molecule has 1 spiro atoms. The molecule has 222 valence electrons. The van der Waals surface area contributed by atoms with Crippen molar-refractivity contribution in [2.45, 2.75) is 57.0 Å². The van der Waals surface area contributed by atoms with Crippen LogP contribution < -0.4 is 16.0 Å². The van der Waals surface area contributed by atoms with Crippen LogP contribution in [0.25, 0.3) is 0 Å². The van der Waals surface area contributed by atoms with Gasteiger partial charge in [-0.25, -0.2) is 8.78 Å². The van der Waals surface area contributed by atoms with Crippen LogP contribution in [0.3, 0.4) is 0 Å². The van der Waals surface area contributed by atoms with Crippen LogP contribution in [0.5, 0.6) is 0 Å². The van der Waals surface area contributed by atoms with E-state index in [1.54, 1.807) is 6.07 Å². The van der Waals surface area contributed by atoms with Crippen LogP contribution in [0.2, 0.25) is 10.0 Å². The number of halogens is 4. The molecule has 0 radical (unpaired) electrons. The Bertz CT molecular complexity index is 1330. The van der Waals surface area contributed by atoms with Crippen molar-refractivity contribution in [1.82, 2.24) is 15.5 Å². The summed E-state index contributed by atoms with van der Waals surface area (Å²) in [6, 6.07) is 5.50. The van der Waals surface area contributed by atoms with Crippen molar-refractivity contribution < 1.29 is 23.1 Å². The highest BCUT2D eigenvalue weighted by molar-refractivity contribution is 6.31. The molecule has 0 bridgehead atoms. The number of carbonyl (C=O) groups is 2. The van der Waals surface area contributed by atoms with Crippen molar-refractivity contribution in [2.75, 3.05) is 44.7 Å². The quantitative estimate of drug-likeness (QED) is 0.391. The van der Waals surface area contributed by atoms with Crippen molar-refractivity contribution >= 4 is 40.7 Å². The van der Waals surface area contributed by atoms with Crippen molar-refractivity contribution in [1.29, 1.82) is 0 Å². The fraction of sp³-hybridized carbons (Fsp3) is 0.533. The van der Waals surface area contributed by atoms with Crippen molar-refractivity contribution in [3.05, 3.63) is 63.1 Å². The van der Waals surface area contributed by atoms with Gasteiger partial charge in [-0.1, -0.05) is 50.0 Å². The summed E-state index contributed by atoms with van der Waals surface area (Å²) in [7, 11) is 0. The highest BCUT2D eigenvalue weighted by Crippen LogP contribution is 2.57. The number of nitrogens with zero attached hydrogens (tertiary/aromatic N) is 1. The molecule has 2 saturated heterocycles. The van der Waals surface area contributed by atoms with Gasteiger partial charge in [0.1, 0.15) is 17.0 Å². The fourth-order valence-electron chi connectivity index (χ4n) is 6.59. The third-order valence-corrected chi connectivity index (χ3v) is 8.92. The average Bonchev–Trinajstić information content (AvgIpc) is 3.38. The summed E-state index contributed by atoms with van der Waals surface area (Å²) in [4.78, 5) is 30.3. The van der Waals surface area contributed by atoms with E-state index in [0.717, 1.165) is 26.1 Å². The highest BCUT2D eigenvalue weighted by atomic mass is 35.5. The molecular weight excluding hydrogens is 573 g/mol. The largest absolute Gasteiger partial charge is 0.379 e. The molecule has 11 heteroatoms. The monoisotopic (exact) mass is 608 g/mol. The van der Waals surface area contributed by atoms with Gasteiger partial charge in [0.05, 0.1) is 29.3 Å². The summed E-state index contributed by atoms with van der Waals surface area (Å²) in [5, 5.41) is 9.18.